The lowest BCUT2D eigenvalue weighted by atomic mass is 10.1. The number of nitrogens with zero attached hydrogens (tertiary/aromatic N) is 1. The highest BCUT2D eigenvalue weighted by Crippen LogP contribution is 2.27. The van der Waals surface area contributed by atoms with E-state index in [0.29, 0.717) is 28.5 Å². The fourth-order valence-electron chi connectivity index (χ4n) is 2.30. The van der Waals surface area contributed by atoms with Gasteiger partial charge in [-0.05, 0) is 25.0 Å². The summed E-state index contributed by atoms with van der Waals surface area (Å²) >= 11 is 12.4. The minimum absolute atomic E-state index is 0.0751. The van der Waals surface area contributed by atoms with Crippen molar-refractivity contribution in [2.75, 3.05) is 7.05 Å². The number of rotatable bonds is 7. The quantitative estimate of drug-likeness (QED) is 0.820. The van der Waals surface area contributed by atoms with Crippen LogP contribution in [-0.2, 0) is 16.1 Å². The van der Waals surface area contributed by atoms with Crippen molar-refractivity contribution >= 4 is 35.0 Å². The molecule has 0 unspecified atom stereocenters. The third-order valence-electron chi connectivity index (χ3n) is 3.49. The van der Waals surface area contributed by atoms with Gasteiger partial charge in [-0.3, -0.25) is 9.59 Å². The zero-order valence-electron chi connectivity index (χ0n) is 13.2. The predicted molar refractivity (Wildman–Crippen MR) is 90.1 cm³/mol. The second kappa shape index (κ2) is 9.01. The molecule has 0 aromatic heterocycles. The number of hydrogen-bond donors (Lipinski definition) is 1. The van der Waals surface area contributed by atoms with E-state index >= 15 is 0 Å². The van der Waals surface area contributed by atoms with E-state index in [2.05, 4.69) is 5.32 Å². The van der Waals surface area contributed by atoms with Crippen LogP contribution in [0.25, 0.3) is 0 Å². The molecule has 0 saturated carbocycles. The van der Waals surface area contributed by atoms with Crippen molar-refractivity contribution in [1.82, 2.24) is 10.2 Å². The molecule has 1 N–H and O–H groups in total. The Labute approximate surface area is 141 Å². The van der Waals surface area contributed by atoms with Crippen molar-refractivity contribution in [1.29, 1.82) is 0 Å². The van der Waals surface area contributed by atoms with Crippen LogP contribution in [0.5, 0.6) is 0 Å². The third kappa shape index (κ3) is 4.62. The summed E-state index contributed by atoms with van der Waals surface area (Å²) in [5.41, 5.74) is 0.664. The van der Waals surface area contributed by atoms with Crippen LogP contribution in [0, 0.1) is 0 Å². The number of carbonyl (C=O) groups excluding carboxylic acids is 2. The predicted octanol–water partition coefficient (Wildman–Crippen LogP) is 3.65. The van der Waals surface area contributed by atoms with Crippen molar-refractivity contribution in [3.8, 4) is 0 Å². The van der Waals surface area contributed by atoms with Crippen molar-refractivity contribution < 1.29 is 9.59 Å². The molecule has 6 heteroatoms. The highest BCUT2D eigenvalue weighted by molar-refractivity contribution is 6.36. The molecule has 1 rings (SSSR count). The maximum Gasteiger partial charge on any atom is 0.242 e. The summed E-state index contributed by atoms with van der Waals surface area (Å²) in [6, 6.07) is 4.68. The van der Waals surface area contributed by atoms with E-state index in [1.54, 1.807) is 30.1 Å². The Kier molecular flexibility index (Phi) is 7.69. The number of hydrogen-bond acceptors (Lipinski definition) is 2. The van der Waals surface area contributed by atoms with Crippen molar-refractivity contribution in [3.05, 3.63) is 33.8 Å². The molecule has 0 spiro atoms. The summed E-state index contributed by atoms with van der Waals surface area (Å²) in [4.78, 5) is 26.1. The van der Waals surface area contributed by atoms with Gasteiger partial charge in [0.15, 0.2) is 0 Å². The van der Waals surface area contributed by atoms with Crippen LogP contribution in [0.1, 0.15) is 38.7 Å². The first-order chi connectivity index (χ1) is 10.5. The maximum absolute atomic E-state index is 12.5. The summed E-state index contributed by atoms with van der Waals surface area (Å²) in [5.74, 6) is -0.260. The first kappa shape index (κ1) is 18.8. The number of halogens is 2. The molecule has 22 heavy (non-hydrogen) atoms. The molecule has 2 amide bonds. The van der Waals surface area contributed by atoms with E-state index in [1.807, 2.05) is 13.8 Å². The normalized spacial score (nSPS) is 11.9. The van der Waals surface area contributed by atoms with Crippen LogP contribution >= 0.6 is 23.2 Å². The average molecular weight is 345 g/mol. The molecule has 4 nitrogen and oxygen atoms in total. The van der Waals surface area contributed by atoms with Gasteiger partial charge in [-0.1, -0.05) is 43.1 Å². The molecule has 0 fully saturated rings. The van der Waals surface area contributed by atoms with E-state index in [-0.39, 0.29) is 18.4 Å². The van der Waals surface area contributed by atoms with Gasteiger partial charge in [-0.25, -0.2) is 0 Å². The standard InChI is InChI=1S/C16H22Cl2N2O2/c1-4-7-15(21)20(14(5-2)16(22)19-3)10-11-12(17)8-6-9-13(11)18/h6,8-9,14H,4-5,7,10H2,1-3H3,(H,19,22)/t14-/m1/s1. The zero-order chi connectivity index (χ0) is 16.7. The van der Waals surface area contributed by atoms with Gasteiger partial charge < -0.3 is 10.2 Å². The van der Waals surface area contributed by atoms with E-state index in [9.17, 15) is 9.59 Å². The minimum Gasteiger partial charge on any atom is -0.357 e. The summed E-state index contributed by atoms with van der Waals surface area (Å²) in [6.07, 6.45) is 1.63. The van der Waals surface area contributed by atoms with Crippen LogP contribution < -0.4 is 5.32 Å². The molecular formula is C16H22Cl2N2O2. The van der Waals surface area contributed by atoms with Gasteiger partial charge in [0, 0.05) is 35.6 Å². The molecule has 0 bridgehead atoms. The molecule has 1 aromatic carbocycles. The van der Waals surface area contributed by atoms with Crippen LogP contribution in [0.2, 0.25) is 10.0 Å². The summed E-state index contributed by atoms with van der Waals surface area (Å²) in [5, 5.41) is 3.60. The molecule has 0 aliphatic heterocycles. The smallest absolute Gasteiger partial charge is 0.242 e. The summed E-state index contributed by atoms with van der Waals surface area (Å²) in [6.45, 7) is 4.03. The van der Waals surface area contributed by atoms with Crippen LogP contribution in [0.3, 0.4) is 0 Å². The largest absolute Gasteiger partial charge is 0.357 e. The molecule has 1 atom stereocenters. The second-order valence-electron chi connectivity index (χ2n) is 5.01. The van der Waals surface area contributed by atoms with Gasteiger partial charge in [0.05, 0.1) is 0 Å². The molecule has 0 aliphatic rings. The Morgan fingerprint density at radius 1 is 1.23 bits per heavy atom. The van der Waals surface area contributed by atoms with Gasteiger partial charge in [-0.15, -0.1) is 0 Å². The molecule has 0 saturated heterocycles. The van der Waals surface area contributed by atoms with Crippen LogP contribution in [0.15, 0.2) is 18.2 Å². The van der Waals surface area contributed by atoms with Crippen molar-refractivity contribution in [2.24, 2.45) is 0 Å². The lowest BCUT2D eigenvalue weighted by molar-refractivity contribution is -0.141. The molecular weight excluding hydrogens is 323 g/mol. The third-order valence-corrected chi connectivity index (χ3v) is 4.19. The number of carbonyl (C=O) groups is 2. The number of nitrogens with one attached hydrogen (secondary N) is 1. The van der Waals surface area contributed by atoms with E-state index in [1.165, 1.54) is 0 Å². The van der Waals surface area contributed by atoms with Crippen molar-refractivity contribution in [2.45, 2.75) is 45.7 Å². The second-order valence-corrected chi connectivity index (χ2v) is 5.82. The zero-order valence-corrected chi connectivity index (χ0v) is 14.7. The fourth-order valence-corrected chi connectivity index (χ4v) is 2.81. The van der Waals surface area contributed by atoms with Gasteiger partial charge >= 0.3 is 0 Å². The van der Waals surface area contributed by atoms with E-state index in [4.69, 9.17) is 23.2 Å². The number of amides is 2. The highest BCUT2D eigenvalue weighted by atomic mass is 35.5. The first-order valence-electron chi connectivity index (χ1n) is 7.40. The summed E-state index contributed by atoms with van der Waals surface area (Å²) < 4.78 is 0. The SMILES string of the molecule is CCCC(=O)N(Cc1c(Cl)cccc1Cl)[C@H](CC)C(=O)NC. The molecule has 1 aromatic rings. The Hall–Kier alpha value is -1.26. The monoisotopic (exact) mass is 344 g/mol. The lowest BCUT2D eigenvalue weighted by Crippen LogP contribution is -2.48. The van der Waals surface area contributed by atoms with Crippen molar-refractivity contribution in [3.63, 3.8) is 0 Å². The molecule has 122 valence electrons. The van der Waals surface area contributed by atoms with Gasteiger partial charge in [-0.2, -0.15) is 0 Å². The topological polar surface area (TPSA) is 49.4 Å². The Morgan fingerprint density at radius 3 is 2.27 bits per heavy atom. The lowest BCUT2D eigenvalue weighted by Gasteiger charge is -2.30. The fraction of sp³-hybridized carbons (Fsp3) is 0.500. The first-order valence-corrected chi connectivity index (χ1v) is 8.15. The number of benzene rings is 1. The average Bonchev–Trinajstić information content (AvgIpc) is 2.49. The summed E-state index contributed by atoms with van der Waals surface area (Å²) in [7, 11) is 1.57. The van der Waals surface area contributed by atoms with Gasteiger partial charge in [0.25, 0.3) is 0 Å². The molecule has 0 radical (unpaired) electrons. The Balaban J connectivity index is 3.15. The van der Waals surface area contributed by atoms with Crippen LogP contribution in [0.4, 0.5) is 0 Å². The van der Waals surface area contributed by atoms with E-state index in [0.717, 1.165) is 6.42 Å². The van der Waals surface area contributed by atoms with E-state index < -0.39 is 6.04 Å². The van der Waals surface area contributed by atoms with Crippen LogP contribution in [-0.4, -0.2) is 29.8 Å². The molecule has 0 heterocycles. The van der Waals surface area contributed by atoms with Gasteiger partial charge in [0.2, 0.25) is 11.8 Å². The Bertz CT molecular complexity index is 515. The highest BCUT2D eigenvalue weighted by Gasteiger charge is 2.28. The Morgan fingerprint density at radius 2 is 1.82 bits per heavy atom. The minimum atomic E-state index is -0.531. The molecule has 0 aliphatic carbocycles. The van der Waals surface area contributed by atoms with Gasteiger partial charge in [0.1, 0.15) is 6.04 Å². The number of likely N-dealkylation sites (N-methyl/N-ethyl adjacent to an activating group) is 1. The maximum atomic E-state index is 12.5.